The lowest BCUT2D eigenvalue weighted by atomic mass is 9.95. The van der Waals surface area contributed by atoms with E-state index in [9.17, 15) is 4.79 Å². The standard InChI is InChI=1S/C26H32N4O2/c1-17-15-20(13-14-27-17)30-23-12-11-22-21(10-9-18(2)29(22)26(31)32-3)25(23)28-24(30)16-19-7-5-4-6-8-19/h4-8,11-12,17-18,20,27H,9-10,13-16H2,1-3H3/t17?,18-,20?/m0/s1. The van der Waals surface area contributed by atoms with E-state index in [-0.39, 0.29) is 12.1 Å². The van der Waals surface area contributed by atoms with Crippen molar-refractivity contribution in [3.05, 3.63) is 59.4 Å². The second kappa shape index (κ2) is 8.58. The summed E-state index contributed by atoms with van der Waals surface area (Å²) in [5, 5.41) is 3.58. The number of aromatic nitrogens is 2. The monoisotopic (exact) mass is 432 g/mol. The molecule has 1 saturated heterocycles. The van der Waals surface area contributed by atoms with Crippen molar-refractivity contribution in [2.75, 3.05) is 18.6 Å². The third-order valence-corrected chi connectivity index (χ3v) is 7.07. The van der Waals surface area contributed by atoms with E-state index < -0.39 is 0 Å². The van der Waals surface area contributed by atoms with Crippen LogP contribution in [0.5, 0.6) is 0 Å². The Bertz CT molecular complexity index is 1120. The molecule has 1 N–H and O–H groups in total. The van der Waals surface area contributed by atoms with Gasteiger partial charge in [-0.05, 0) is 63.8 Å². The van der Waals surface area contributed by atoms with E-state index in [4.69, 9.17) is 9.72 Å². The number of imidazole rings is 1. The smallest absolute Gasteiger partial charge is 0.414 e. The lowest BCUT2D eigenvalue weighted by Crippen LogP contribution is -2.42. The Kier molecular flexibility index (Phi) is 5.64. The molecule has 3 aromatic rings. The van der Waals surface area contributed by atoms with Crippen molar-refractivity contribution in [1.82, 2.24) is 14.9 Å². The number of piperidine rings is 1. The van der Waals surface area contributed by atoms with Crippen LogP contribution in [0.4, 0.5) is 10.5 Å². The molecule has 6 nitrogen and oxygen atoms in total. The number of carbonyl (C=O) groups is 1. The summed E-state index contributed by atoms with van der Waals surface area (Å²) in [6.45, 7) is 5.37. The van der Waals surface area contributed by atoms with E-state index in [1.165, 1.54) is 23.8 Å². The van der Waals surface area contributed by atoms with Crippen molar-refractivity contribution in [2.45, 2.75) is 64.1 Å². The van der Waals surface area contributed by atoms with Crippen LogP contribution in [0.2, 0.25) is 0 Å². The summed E-state index contributed by atoms with van der Waals surface area (Å²) in [5.41, 5.74) is 5.61. The van der Waals surface area contributed by atoms with Gasteiger partial charge in [0.15, 0.2) is 0 Å². The molecule has 3 atom stereocenters. The number of fused-ring (bicyclic) bond motifs is 3. The molecule has 0 spiro atoms. The number of benzene rings is 2. The van der Waals surface area contributed by atoms with E-state index >= 15 is 0 Å². The van der Waals surface area contributed by atoms with Crippen molar-refractivity contribution in [1.29, 1.82) is 0 Å². The van der Waals surface area contributed by atoms with Crippen molar-refractivity contribution in [2.24, 2.45) is 0 Å². The van der Waals surface area contributed by atoms with Gasteiger partial charge in [-0.1, -0.05) is 30.3 Å². The molecule has 2 aromatic carbocycles. The maximum atomic E-state index is 12.5. The number of methoxy groups -OCH3 is 1. The number of amides is 1. The van der Waals surface area contributed by atoms with Gasteiger partial charge in [0.2, 0.25) is 0 Å². The van der Waals surface area contributed by atoms with Crippen molar-refractivity contribution >= 4 is 22.8 Å². The van der Waals surface area contributed by atoms with Crippen LogP contribution < -0.4 is 10.2 Å². The van der Waals surface area contributed by atoms with Gasteiger partial charge in [-0.2, -0.15) is 0 Å². The Morgan fingerprint density at radius 3 is 2.72 bits per heavy atom. The average molecular weight is 433 g/mol. The van der Waals surface area contributed by atoms with Crippen LogP contribution in [0.1, 0.15) is 56.1 Å². The maximum absolute atomic E-state index is 12.5. The highest BCUT2D eigenvalue weighted by Crippen LogP contribution is 2.38. The highest BCUT2D eigenvalue weighted by Gasteiger charge is 2.32. The fourth-order valence-electron chi connectivity index (χ4n) is 5.47. The third kappa shape index (κ3) is 3.66. The minimum absolute atomic E-state index is 0.114. The van der Waals surface area contributed by atoms with Crippen molar-refractivity contribution < 1.29 is 9.53 Å². The predicted octanol–water partition coefficient (Wildman–Crippen LogP) is 4.85. The van der Waals surface area contributed by atoms with Crippen LogP contribution in [-0.2, 0) is 17.6 Å². The summed E-state index contributed by atoms with van der Waals surface area (Å²) >= 11 is 0. The van der Waals surface area contributed by atoms with Gasteiger partial charge in [0.05, 0.1) is 23.8 Å². The largest absolute Gasteiger partial charge is 0.452 e. The quantitative estimate of drug-likeness (QED) is 0.643. The summed E-state index contributed by atoms with van der Waals surface area (Å²) in [4.78, 5) is 19.6. The highest BCUT2D eigenvalue weighted by atomic mass is 16.5. The average Bonchev–Trinajstić information content (AvgIpc) is 3.17. The number of nitrogens with one attached hydrogen (secondary N) is 1. The molecule has 1 fully saturated rings. The molecule has 3 heterocycles. The number of anilines is 1. The van der Waals surface area contributed by atoms with E-state index in [2.05, 4.69) is 66.2 Å². The lowest BCUT2D eigenvalue weighted by molar-refractivity contribution is 0.175. The van der Waals surface area contributed by atoms with Gasteiger partial charge in [0.25, 0.3) is 0 Å². The SMILES string of the molecule is COC(=O)N1c2ccc3c(nc(Cc4ccccc4)n3C3CCNC(C)C3)c2CC[C@@H]1C. The lowest BCUT2D eigenvalue weighted by Gasteiger charge is -2.34. The molecule has 1 aromatic heterocycles. The molecule has 5 rings (SSSR count). The minimum atomic E-state index is -0.297. The Morgan fingerprint density at radius 2 is 1.97 bits per heavy atom. The third-order valence-electron chi connectivity index (χ3n) is 7.07. The number of carbonyl (C=O) groups excluding carboxylic acids is 1. The Balaban J connectivity index is 1.66. The second-order valence-corrected chi connectivity index (χ2v) is 9.25. The molecule has 1 amide bonds. The molecule has 32 heavy (non-hydrogen) atoms. The first kappa shape index (κ1) is 21.0. The van der Waals surface area contributed by atoms with Gasteiger partial charge in [-0.15, -0.1) is 0 Å². The number of hydrogen-bond acceptors (Lipinski definition) is 4. The molecule has 2 aliphatic heterocycles. The summed E-state index contributed by atoms with van der Waals surface area (Å²) < 4.78 is 7.58. The van der Waals surface area contributed by atoms with Crippen LogP contribution in [0, 0.1) is 0 Å². The van der Waals surface area contributed by atoms with E-state index in [1.54, 1.807) is 4.90 Å². The molecule has 2 unspecified atom stereocenters. The van der Waals surface area contributed by atoms with E-state index in [0.717, 1.165) is 55.7 Å². The Morgan fingerprint density at radius 1 is 1.16 bits per heavy atom. The second-order valence-electron chi connectivity index (χ2n) is 9.25. The highest BCUT2D eigenvalue weighted by molar-refractivity contribution is 5.95. The number of ether oxygens (including phenoxy) is 1. The molecule has 0 aliphatic carbocycles. The number of aryl methyl sites for hydroxylation is 1. The van der Waals surface area contributed by atoms with Gasteiger partial charge < -0.3 is 14.6 Å². The van der Waals surface area contributed by atoms with Gasteiger partial charge in [-0.25, -0.2) is 9.78 Å². The normalized spacial score (nSPS) is 23.2. The van der Waals surface area contributed by atoms with Crippen LogP contribution in [-0.4, -0.2) is 41.4 Å². The molecule has 2 aliphatic rings. The van der Waals surface area contributed by atoms with Crippen LogP contribution in [0.15, 0.2) is 42.5 Å². The maximum Gasteiger partial charge on any atom is 0.414 e. The molecule has 0 bridgehead atoms. The van der Waals surface area contributed by atoms with Gasteiger partial charge in [-0.3, -0.25) is 4.90 Å². The Labute approximate surface area is 189 Å². The fraction of sp³-hybridized carbons (Fsp3) is 0.462. The van der Waals surface area contributed by atoms with Gasteiger partial charge >= 0.3 is 6.09 Å². The molecular weight excluding hydrogens is 400 g/mol. The van der Waals surface area contributed by atoms with Crippen LogP contribution in [0.3, 0.4) is 0 Å². The Hall–Kier alpha value is -2.86. The summed E-state index contributed by atoms with van der Waals surface area (Å²) in [5.74, 6) is 1.11. The van der Waals surface area contributed by atoms with E-state index in [1.807, 2.05) is 0 Å². The molecular formula is C26H32N4O2. The molecule has 0 radical (unpaired) electrons. The van der Waals surface area contributed by atoms with Gasteiger partial charge in [0.1, 0.15) is 5.82 Å². The topological polar surface area (TPSA) is 59.4 Å². The zero-order valence-corrected chi connectivity index (χ0v) is 19.2. The first-order valence-corrected chi connectivity index (χ1v) is 11.7. The summed E-state index contributed by atoms with van der Waals surface area (Å²) in [7, 11) is 1.45. The number of hydrogen-bond donors (Lipinski definition) is 1. The van der Waals surface area contributed by atoms with Crippen molar-refractivity contribution in [3.8, 4) is 0 Å². The zero-order chi connectivity index (χ0) is 22.2. The van der Waals surface area contributed by atoms with Gasteiger partial charge in [0, 0.05) is 30.1 Å². The fourth-order valence-corrected chi connectivity index (χ4v) is 5.47. The zero-order valence-electron chi connectivity index (χ0n) is 19.2. The number of rotatable bonds is 3. The molecule has 6 heteroatoms. The van der Waals surface area contributed by atoms with Crippen molar-refractivity contribution in [3.63, 3.8) is 0 Å². The first-order chi connectivity index (χ1) is 15.6. The van der Waals surface area contributed by atoms with E-state index in [0.29, 0.717) is 12.1 Å². The summed E-state index contributed by atoms with van der Waals surface area (Å²) in [6, 6.07) is 15.9. The molecule has 168 valence electrons. The number of nitrogens with zero attached hydrogens (tertiary/aromatic N) is 3. The first-order valence-electron chi connectivity index (χ1n) is 11.7. The molecule has 0 saturated carbocycles. The summed E-state index contributed by atoms with van der Waals surface area (Å²) in [6.07, 6.45) is 4.53. The minimum Gasteiger partial charge on any atom is -0.452 e. The van der Waals surface area contributed by atoms with Crippen LogP contribution in [0.25, 0.3) is 11.0 Å². The van der Waals surface area contributed by atoms with Crippen LogP contribution >= 0.6 is 0 Å². The predicted molar refractivity (Wildman–Crippen MR) is 127 cm³/mol.